The molecule has 0 aliphatic rings. The molecule has 3 nitrogen and oxygen atoms in total. The van der Waals surface area contributed by atoms with Crippen molar-refractivity contribution in [2.45, 2.75) is 6.92 Å². The first-order valence-corrected chi connectivity index (χ1v) is 6.63. The van der Waals surface area contributed by atoms with Crippen LogP contribution in [0.4, 0.5) is 0 Å². The number of imidazole rings is 1. The average Bonchev–Trinajstić information content (AvgIpc) is 3.01. The van der Waals surface area contributed by atoms with Crippen molar-refractivity contribution in [3.8, 4) is 11.4 Å². The third kappa shape index (κ3) is 1.50. The van der Waals surface area contributed by atoms with E-state index in [2.05, 4.69) is 48.3 Å². The van der Waals surface area contributed by atoms with Gasteiger partial charge in [-0.25, -0.2) is 4.98 Å². The van der Waals surface area contributed by atoms with Crippen LogP contribution in [0.5, 0.6) is 0 Å². The highest BCUT2D eigenvalue weighted by Gasteiger charge is 2.14. The molecule has 0 unspecified atom stereocenters. The molecule has 0 amide bonds. The highest BCUT2D eigenvalue weighted by molar-refractivity contribution is 6.09. The number of hydrogen-bond acceptors (Lipinski definition) is 2. The van der Waals surface area contributed by atoms with Crippen LogP contribution in [0.25, 0.3) is 33.3 Å². The second kappa shape index (κ2) is 3.97. The summed E-state index contributed by atoms with van der Waals surface area (Å²) in [5.74, 6) is 0.923. The van der Waals surface area contributed by atoms with Crippen LogP contribution in [0.2, 0.25) is 0 Å². The molecule has 0 spiro atoms. The van der Waals surface area contributed by atoms with E-state index < -0.39 is 0 Å². The van der Waals surface area contributed by atoms with Gasteiger partial charge in [-0.2, -0.15) is 0 Å². The highest BCUT2D eigenvalue weighted by Crippen LogP contribution is 2.35. The highest BCUT2D eigenvalue weighted by atomic mass is 16.3. The van der Waals surface area contributed by atoms with Gasteiger partial charge in [0, 0.05) is 30.2 Å². The quantitative estimate of drug-likeness (QED) is 0.512. The van der Waals surface area contributed by atoms with E-state index in [0.29, 0.717) is 0 Å². The van der Waals surface area contributed by atoms with Gasteiger partial charge in [-0.05, 0) is 24.6 Å². The minimum atomic E-state index is 0.905. The fourth-order valence-corrected chi connectivity index (χ4v) is 2.71. The maximum absolute atomic E-state index is 6.09. The topological polar surface area (TPSA) is 31.0 Å². The van der Waals surface area contributed by atoms with Crippen LogP contribution < -0.4 is 0 Å². The smallest absolute Gasteiger partial charge is 0.146 e. The Morgan fingerprint density at radius 3 is 2.80 bits per heavy atom. The van der Waals surface area contributed by atoms with Crippen molar-refractivity contribution in [1.82, 2.24) is 9.55 Å². The zero-order valence-electron chi connectivity index (χ0n) is 11.4. The van der Waals surface area contributed by atoms with Crippen LogP contribution in [-0.2, 0) is 7.05 Å². The van der Waals surface area contributed by atoms with Crippen LogP contribution in [0, 0.1) is 6.92 Å². The van der Waals surface area contributed by atoms with E-state index in [-0.39, 0.29) is 0 Å². The molecule has 0 aliphatic heterocycles. The second-order valence-corrected chi connectivity index (χ2v) is 5.15. The van der Waals surface area contributed by atoms with Crippen molar-refractivity contribution >= 4 is 21.9 Å². The normalized spacial score (nSPS) is 11.5. The monoisotopic (exact) mass is 262 g/mol. The SMILES string of the molecule is Cc1ccc2c(c1)oc1c(-c3nccn3C)cccc12. The first kappa shape index (κ1) is 11.3. The average molecular weight is 262 g/mol. The molecule has 2 aromatic heterocycles. The van der Waals surface area contributed by atoms with Crippen molar-refractivity contribution in [3.05, 3.63) is 54.4 Å². The van der Waals surface area contributed by atoms with Gasteiger partial charge in [0.2, 0.25) is 0 Å². The first-order chi connectivity index (χ1) is 9.74. The molecule has 4 rings (SSSR count). The summed E-state index contributed by atoms with van der Waals surface area (Å²) in [5.41, 5.74) is 4.07. The summed E-state index contributed by atoms with van der Waals surface area (Å²) in [6.07, 6.45) is 3.75. The van der Waals surface area contributed by atoms with Crippen molar-refractivity contribution in [3.63, 3.8) is 0 Å². The van der Waals surface area contributed by atoms with Gasteiger partial charge in [-0.1, -0.05) is 24.3 Å². The lowest BCUT2D eigenvalue weighted by Crippen LogP contribution is -1.91. The molecule has 2 aromatic carbocycles. The predicted molar refractivity (Wildman–Crippen MR) is 80.7 cm³/mol. The number of para-hydroxylation sites is 1. The van der Waals surface area contributed by atoms with E-state index in [1.54, 1.807) is 6.20 Å². The second-order valence-electron chi connectivity index (χ2n) is 5.15. The molecule has 3 heteroatoms. The number of nitrogens with zero attached hydrogens (tertiary/aromatic N) is 2. The van der Waals surface area contributed by atoms with E-state index in [1.165, 1.54) is 5.56 Å². The lowest BCUT2D eigenvalue weighted by atomic mass is 10.1. The zero-order valence-corrected chi connectivity index (χ0v) is 11.4. The predicted octanol–water partition coefficient (Wildman–Crippen LogP) is 4.29. The Kier molecular flexibility index (Phi) is 2.24. The molecule has 0 N–H and O–H groups in total. The Balaban J connectivity index is 2.13. The summed E-state index contributed by atoms with van der Waals surface area (Å²) in [6.45, 7) is 2.08. The summed E-state index contributed by atoms with van der Waals surface area (Å²) in [4.78, 5) is 4.43. The lowest BCUT2D eigenvalue weighted by Gasteiger charge is -2.02. The molecule has 20 heavy (non-hydrogen) atoms. The number of fused-ring (bicyclic) bond motifs is 3. The largest absolute Gasteiger partial charge is 0.455 e. The molecular weight excluding hydrogens is 248 g/mol. The van der Waals surface area contributed by atoms with Gasteiger partial charge in [0.1, 0.15) is 17.0 Å². The first-order valence-electron chi connectivity index (χ1n) is 6.63. The molecule has 0 aliphatic carbocycles. The number of hydrogen-bond donors (Lipinski definition) is 0. The summed E-state index contributed by atoms with van der Waals surface area (Å²) >= 11 is 0. The fourth-order valence-electron chi connectivity index (χ4n) is 2.71. The molecule has 2 heterocycles. The third-order valence-electron chi connectivity index (χ3n) is 3.72. The number of rotatable bonds is 1. The van der Waals surface area contributed by atoms with Gasteiger partial charge in [0.25, 0.3) is 0 Å². The number of aromatic nitrogens is 2. The summed E-state index contributed by atoms with van der Waals surface area (Å²) in [7, 11) is 1.99. The van der Waals surface area contributed by atoms with Crippen LogP contribution in [0.15, 0.2) is 53.2 Å². The van der Waals surface area contributed by atoms with Gasteiger partial charge in [0.05, 0.1) is 5.56 Å². The molecule has 0 fully saturated rings. The molecule has 0 saturated heterocycles. The standard InChI is InChI=1S/C17H14N2O/c1-11-6-7-12-13-4-3-5-14(16(13)20-15(12)10-11)17-18-8-9-19(17)2/h3-10H,1-2H3. The Labute approximate surface area is 116 Å². The molecule has 0 saturated carbocycles. The molecule has 98 valence electrons. The molecule has 4 aromatic rings. The minimum absolute atomic E-state index is 0.905. The van der Waals surface area contributed by atoms with E-state index in [1.807, 2.05) is 17.8 Å². The maximum Gasteiger partial charge on any atom is 0.146 e. The number of benzene rings is 2. The Hall–Kier alpha value is -2.55. The fraction of sp³-hybridized carbons (Fsp3) is 0.118. The van der Waals surface area contributed by atoms with Crippen LogP contribution in [0.3, 0.4) is 0 Å². The van der Waals surface area contributed by atoms with Gasteiger partial charge in [-0.3, -0.25) is 0 Å². The van der Waals surface area contributed by atoms with E-state index in [0.717, 1.165) is 33.3 Å². The van der Waals surface area contributed by atoms with E-state index in [4.69, 9.17) is 4.42 Å². The van der Waals surface area contributed by atoms with Crippen molar-refractivity contribution in [2.24, 2.45) is 7.05 Å². The Morgan fingerprint density at radius 2 is 2.00 bits per heavy atom. The van der Waals surface area contributed by atoms with Gasteiger partial charge >= 0.3 is 0 Å². The van der Waals surface area contributed by atoms with Crippen LogP contribution in [-0.4, -0.2) is 9.55 Å². The van der Waals surface area contributed by atoms with Crippen molar-refractivity contribution in [1.29, 1.82) is 0 Å². The minimum Gasteiger partial charge on any atom is -0.455 e. The number of furan rings is 1. The summed E-state index contributed by atoms with van der Waals surface area (Å²) < 4.78 is 8.10. The van der Waals surface area contributed by atoms with Crippen LogP contribution in [0.1, 0.15) is 5.56 Å². The van der Waals surface area contributed by atoms with E-state index >= 15 is 0 Å². The Morgan fingerprint density at radius 1 is 1.10 bits per heavy atom. The van der Waals surface area contributed by atoms with Crippen LogP contribution >= 0.6 is 0 Å². The van der Waals surface area contributed by atoms with Gasteiger partial charge < -0.3 is 8.98 Å². The van der Waals surface area contributed by atoms with Gasteiger partial charge in [-0.15, -0.1) is 0 Å². The van der Waals surface area contributed by atoms with E-state index in [9.17, 15) is 0 Å². The van der Waals surface area contributed by atoms with Gasteiger partial charge in [0.15, 0.2) is 0 Å². The van der Waals surface area contributed by atoms with Crippen molar-refractivity contribution in [2.75, 3.05) is 0 Å². The molecule has 0 atom stereocenters. The molecule has 0 radical (unpaired) electrons. The summed E-state index contributed by atoms with van der Waals surface area (Å²) in [5, 5.41) is 2.29. The lowest BCUT2D eigenvalue weighted by molar-refractivity contribution is 0.668. The van der Waals surface area contributed by atoms with Crippen molar-refractivity contribution < 1.29 is 4.42 Å². The molecule has 0 bridgehead atoms. The Bertz CT molecular complexity index is 931. The molecular formula is C17H14N2O. The third-order valence-corrected chi connectivity index (χ3v) is 3.72. The number of aryl methyl sites for hydroxylation is 2. The summed E-state index contributed by atoms with van der Waals surface area (Å²) in [6, 6.07) is 12.5. The zero-order chi connectivity index (χ0) is 13.7. The maximum atomic E-state index is 6.09.